The number of aromatic nitrogens is 4. The van der Waals surface area contributed by atoms with Crippen LogP contribution in [0, 0.1) is 11.7 Å². The lowest BCUT2D eigenvalue weighted by Crippen LogP contribution is -2.52. The maximum absolute atomic E-state index is 15.9. The third-order valence-corrected chi connectivity index (χ3v) is 13.6. The molecule has 10 rings (SSSR count). The van der Waals surface area contributed by atoms with E-state index in [9.17, 15) is 14.4 Å². The van der Waals surface area contributed by atoms with Gasteiger partial charge in [0.2, 0.25) is 11.8 Å². The van der Waals surface area contributed by atoms with Gasteiger partial charge in [-0.25, -0.2) is 14.4 Å². The van der Waals surface area contributed by atoms with Gasteiger partial charge < -0.3 is 24.2 Å². The number of piperazine rings is 1. The minimum absolute atomic E-state index is 0.0397. The molecule has 310 valence electrons. The third-order valence-electron chi connectivity index (χ3n) is 13.6. The van der Waals surface area contributed by atoms with E-state index in [-0.39, 0.29) is 48.7 Å². The van der Waals surface area contributed by atoms with E-state index in [0.717, 1.165) is 118 Å². The van der Waals surface area contributed by atoms with Crippen LogP contribution in [0.3, 0.4) is 0 Å². The molecule has 3 amide bonds. The number of hydrogen-bond acceptors (Lipinski definition) is 11. The Labute approximate surface area is 342 Å². The van der Waals surface area contributed by atoms with E-state index in [1.807, 2.05) is 12.1 Å². The number of rotatable bonds is 10. The van der Waals surface area contributed by atoms with Gasteiger partial charge in [0, 0.05) is 74.8 Å². The topological polar surface area (TPSA) is 149 Å². The molecule has 0 spiro atoms. The van der Waals surface area contributed by atoms with Crippen LogP contribution in [0.4, 0.5) is 15.9 Å². The molecule has 14 nitrogen and oxygen atoms in total. The molecule has 2 aromatic heterocycles. The number of hydrogen-bond donors (Lipinski definition) is 2. The van der Waals surface area contributed by atoms with E-state index >= 15 is 4.39 Å². The second-order valence-corrected chi connectivity index (χ2v) is 17.7. The number of nitrogens with zero attached hydrogens (tertiary/aromatic N) is 7. The highest BCUT2D eigenvalue weighted by Gasteiger charge is 2.42. The van der Waals surface area contributed by atoms with Crippen LogP contribution in [0.5, 0.6) is 5.75 Å². The van der Waals surface area contributed by atoms with Gasteiger partial charge in [-0.05, 0) is 101 Å². The molecule has 2 aromatic carbocycles. The van der Waals surface area contributed by atoms with E-state index in [1.54, 1.807) is 18.5 Å². The fourth-order valence-electron chi connectivity index (χ4n) is 9.78. The van der Waals surface area contributed by atoms with Crippen molar-refractivity contribution in [1.29, 1.82) is 0 Å². The van der Waals surface area contributed by atoms with Crippen molar-refractivity contribution in [3.63, 3.8) is 0 Å². The maximum atomic E-state index is 15.9. The summed E-state index contributed by atoms with van der Waals surface area (Å²) in [7, 11) is 0. The van der Waals surface area contributed by atoms with E-state index in [0.29, 0.717) is 41.9 Å². The molecular weight excluding hydrogens is 754 g/mol. The van der Waals surface area contributed by atoms with Crippen molar-refractivity contribution in [3.05, 3.63) is 59.7 Å². The van der Waals surface area contributed by atoms with Crippen LogP contribution in [0.15, 0.2) is 42.7 Å². The standard InChI is InChI=1S/C44H52FN9O5/c1-44(14-15-44)59-30-6-8-34-32(22-30)41(50-49-34)35-23-38(47-26-46-35)53-16-12-29(13-17-53)58-28-4-2-27(3-5-28)24-51-18-20-52(21-19-51)36-9-7-31-33(40(36)45)25-54(43(31)57)37-10-11-39(55)48-42(37)56/h6-9,22-23,26-29,37H,2-5,10-21,24-25H2,1H3,(H,49,50)(H,48,55,56)/t27-,28-,37?. The summed E-state index contributed by atoms with van der Waals surface area (Å²) in [5, 5.41) is 11.0. The van der Waals surface area contributed by atoms with Crippen LogP contribution in [0.2, 0.25) is 0 Å². The summed E-state index contributed by atoms with van der Waals surface area (Å²) in [5.74, 6) is 0.839. The van der Waals surface area contributed by atoms with Gasteiger partial charge >= 0.3 is 0 Å². The van der Waals surface area contributed by atoms with Crippen LogP contribution in [0.1, 0.15) is 87.1 Å². The number of halogens is 1. The Bertz CT molecular complexity index is 2260. The molecule has 2 N–H and O–H groups in total. The van der Waals surface area contributed by atoms with Crippen LogP contribution in [-0.4, -0.2) is 117 Å². The minimum Gasteiger partial charge on any atom is -0.488 e. The number of nitrogens with one attached hydrogen (secondary N) is 2. The Kier molecular flexibility index (Phi) is 9.98. The number of carbonyl (C=O) groups is 3. The van der Waals surface area contributed by atoms with E-state index in [4.69, 9.17) is 9.47 Å². The lowest BCUT2D eigenvalue weighted by molar-refractivity contribution is -0.136. The molecule has 1 unspecified atom stereocenters. The summed E-state index contributed by atoms with van der Waals surface area (Å²) in [6, 6.07) is 10.7. The van der Waals surface area contributed by atoms with Gasteiger partial charge in [0.05, 0.1) is 41.3 Å². The summed E-state index contributed by atoms with van der Waals surface area (Å²) >= 11 is 0. The van der Waals surface area contributed by atoms with E-state index in [2.05, 4.69) is 59.2 Å². The molecule has 4 aliphatic heterocycles. The van der Waals surface area contributed by atoms with Gasteiger partial charge in [0.25, 0.3) is 5.91 Å². The molecular formula is C44H52FN9O5. The first-order valence-electron chi connectivity index (χ1n) is 21.5. The van der Waals surface area contributed by atoms with Gasteiger partial charge in [-0.2, -0.15) is 5.10 Å². The summed E-state index contributed by atoms with van der Waals surface area (Å²) in [5.41, 5.74) is 3.68. The van der Waals surface area contributed by atoms with Gasteiger partial charge in [-0.1, -0.05) is 0 Å². The fourth-order valence-corrected chi connectivity index (χ4v) is 9.78. The molecule has 59 heavy (non-hydrogen) atoms. The monoisotopic (exact) mass is 805 g/mol. The largest absolute Gasteiger partial charge is 0.488 e. The SMILES string of the molecule is CC1(Oc2ccc3n[nH]c(-c4cc(N5CCC(O[C@H]6CC[C@H](CN7CCN(c8ccc9c(c8F)CN(C8CCC(=O)NC8=O)C9=O)CC7)CC6)CC5)ncn4)c3c2)CC1. The van der Waals surface area contributed by atoms with Crippen molar-refractivity contribution < 1.29 is 28.2 Å². The average Bonchev–Trinajstić information content (AvgIpc) is 3.66. The second-order valence-electron chi connectivity index (χ2n) is 17.7. The van der Waals surface area contributed by atoms with E-state index < -0.39 is 11.9 Å². The Morgan fingerprint density at radius 2 is 1.64 bits per heavy atom. The predicted molar refractivity (Wildman–Crippen MR) is 219 cm³/mol. The van der Waals surface area contributed by atoms with E-state index in [1.165, 1.54) is 4.90 Å². The molecule has 4 aromatic rings. The number of fused-ring (bicyclic) bond motifs is 2. The molecule has 6 aliphatic rings. The van der Waals surface area contributed by atoms with Crippen molar-refractivity contribution in [2.75, 3.05) is 55.6 Å². The Balaban J connectivity index is 0.667. The first-order chi connectivity index (χ1) is 28.7. The highest BCUT2D eigenvalue weighted by Crippen LogP contribution is 2.41. The molecule has 2 aliphatic carbocycles. The Hall–Kier alpha value is -5.15. The highest BCUT2D eigenvalue weighted by atomic mass is 19.1. The van der Waals surface area contributed by atoms with Gasteiger partial charge in [0.1, 0.15) is 29.5 Å². The number of ether oxygens (including phenoxy) is 2. The van der Waals surface area contributed by atoms with Gasteiger partial charge in [0.15, 0.2) is 5.82 Å². The smallest absolute Gasteiger partial charge is 0.255 e. The molecule has 3 saturated heterocycles. The summed E-state index contributed by atoms with van der Waals surface area (Å²) < 4.78 is 28.9. The van der Waals surface area contributed by atoms with Crippen LogP contribution in [0.25, 0.3) is 22.3 Å². The number of anilines is 2. The Morgan fingerprint density at radius 3 is 2.41 bits per heavy atom. The van der Waals surface area contributed by atoms with Gasteiger partial charge in [-0.15, -0.1) is 0 Å². The maximum Gasteiger partial charge on any atom is 0.255 e. The zero-order valence-electron chi connectivity index (χ0n) is 33.6. The van der Waals surface area contributed by atoms with Crippen LogP contribution in [-0.2, 0) is 20.9 Å². The number of piperidine rings is 2. The molecule has 0 radical (unpaired) electrons. The average molecular weight is 806 g/mol. The first-order valence-corrected chi connectivity index (χ1v) is 21.5. The number of benzene rings is 2. The minimum atomic E-state index is -0.758. The molecule has 1 atom stereocenters. The Morgan fingerprint density at radius 1 is 0.864 bits per heavy atom. The number of aromatic amines is 1. The molecule has 5 fully saturated rings. The second kappa shape index (κ2) is 15.5. The van der Waals surface area contributed by atoms with Crippen molar-refractivity contribution >= 4 is 40.1 Å². The van der Waals surface area contributed by atoms with Crippen LogP contribution >= 0.6 is 0 Å². The van der Waals surface area contributed by atoms with Crippen molar-refractivity contribution in [1.82, 2.24) is 35.3 Å². The highest BCUT2D eigenvalue weighted by molar-refractivity contribution is 6.05. The molecule has 6 heterocycles. The number of imide groups is 1. The molecule has 2 saturated carbocycles. The van der Waals surface area contributed by atoms with Gasteiger partial charge in [-0.3, -0.25) is 29.7 Å². The molecule has 0 bridgehead atoms. The van der Waals surface area contributed by atoms with Crippen molar-refractivity contribution in [2.45, 2.75) is 102 Å². The summed E-state index contributed by atoms with van der Waals surface area (Å²) in [4.78, 5) is 54.8. The number of H-pyrrole nitrogens is 1. The lowest BCUT2D eigenvalue weighted by Gasteiger charge is -2.40. The first kappa shape index (κ1) is 38.1. The third kappa shape index (κ3) is 7.74. The van der Waals surface area contributed by atoms with Crippen molar-refractivity contribution in [3.8, 4) is 17.1 Å². The van der Waals surface area contributed by atoms with Crippen molar-refractivity contribution in [2.24, 2.45) is 5.92 Å². The quantitative estimate of drug-likeness (QED) is 0.204. The summed E-state index contributed by atoms with van der Waals surface area (Å²) in [6.07, 6.45) is 11.2. The van der Waals surface area contributed by atoms with Crippen LogP contribution < -0.4 is 19.9 Å². The number of amides is 3. The molecule has 15 heteroatoms. The fraction of sp³-hybridized carbons (Fsp3) is 0.545. The number of carbonyl (C=O) groups excluding carboxylic acids is 3. The predicted octanol–water partition coefficient (Wildman–Crippen LogP) is 5.22. The lowest BCUT2D eigenvalue weighted by atomic mass is 9.86. The summed E-state index contributed by atoms with van der Waals surface area (Å²) in [6.45, 7) is 8.14. The zero-order valence-corrected chi connectivity index (χ0v) is 33.6. The zero-order chi connectivity index (χ0) is 40.3. The normalized spacial score (nSPS) is 25.1.